The van der Waals surface area contributed by atoms with Crippen LogP contribution < -0.4 is 10.6 Å². The van der Waals surface area contributed by atoms with E-state index in [1.54, 1.807) is 0 Å². The predicted octanol–water partition coefficient (Wildman–Crippen LogP) is 2.57. The van der Waals surface area contributed by atoms with Crippen molar-refractivity contribution in [1.29, 1.82) is 0 Å². The maximum absolute atomic E-state index is 5.54. The minimum Gasteiger partial charge on any atom is -0.381 e. The first-order chi connectivity index (χ1) is 10.8. The highest BCUT2D eigenvalue weighted by molar-refractivity contribution is 14.0. The van der Waals surface area contributed by atoms with E-state index in [0.29, 0.717) is 0 Å². The van der Waals surface area contributed by atoms with E-state index in [9.17, 15) is 0 Å². The number of hydrogen-bond acceptors (Lipinski definition) is 3. The van der Waals surface area contributed by atoms with Gasteiger partial charge in [-0.15, -0.1) is 24.0 Å². The molecule has 1 heterocycles. The van der Waals surface area contributed by atoms with E-state index in [0.717, 1.165) is 58.2 Å². The summed E-state index contributed by atoms with van der Waals surface area (Å²) in [7, 11) is 0. The Labute approximate surface area is 157 Å². The number of nitrogens with zero attached hydrogens (tertiary/aromatic N) is 3. The van der Waals surface area contributed by atoms with Gasteiger partial charge in [-0.1, -0.05) is 13.3 Å². The van der Waals surface area contributed by atoms with E-state index in [-0.39, 0.29) is 24.0 Å². The Morgan fingerprint density at radius 3 is 2.70 bits per heavy atom. The van der Waals surface area contributed by atoms with Gasteiger partial charge in [-0.25, -0.2) is 0 Å². The van der Waals surface area contributed by atoms with E-state index in [2.05, 4.69) is 34.6 Å². The third-order valence-corrected chi connectivity index (χ3v) is 3.10. The topological polar surface area (TPSA) is 63.5 Å². The van der Waals surface area contributed by atoms with Gasteiger partial charge in [0.2, 0.25) is 0 Å². The Hall–Kier alpha value is -0.830. The molecule has 0 saturated heterocycles. The lowest BCUT2D eigenvalue weighted by atomic mass is 10.4. The number of aliphatic imine (C=N–C) groups is 1. The average molecular weight is 437 g/mol. The van der Waals surface area contributed by atoms with Gasteiger partial charge in [0, 0.05) is 39.0 Å². The summed E-state index contributed by atoms with van der Waals surface area (Å²) in [5.74, 6) is 0.861. The van der Waals surface area contributed by atoms with Crippen molar-refractivity contribution in [3.05, 3.63) is 18.0 Å². The standard InChI is InChI=1S/C16H31N5O.HI/c1-4-6-11-22-12-7-8-18-16(17-5-2)19-9-10-21-14-15(3)13-20-21;/h13-14H,4-12H2,1-3H3,(H2,17,18,19);1H. The second kappa shape index (κ2) is 14.7. The molecule has 2 N–H and O–H groups in total. The summed E-state index contributed by atoms with van der Waals surface area (Å²) in [6.07, 6.45) is 7.19. The quantitative estimate of drug-likeness (QED) is 0.242. The van der Waals surface area contributed by atoms with E-state index < -0.39 is 0 Å². The van der Waals surface area contributed by atoms with Crippen molar-refractivity contribution >= 4 is 29.9 Å². The summed E-state index contributed by atoms with van der Waals surface area (Å²) < 4.78 is 7.47. The highest BCUT2D eigenvalue weighted by atomic mass is 127. The number of unbranched alkanes of at least 4 members (excludes halogenated alkanes) is 1. The summed E-state index contributed by atoms with van der Waals surface area (Å²) in [5, 5.41) is 10.8. The van der Waals surface area contributed by atoms with Crippen LogP contribution in [-0.2, 0) is 11.3 Å². The Morgan fingerprint density at radius 2 is 2.04 bits per heavy atom. The first-order valence-electron chi connectivity index (χ1n) is 8.35. The lowest BCUT2D eigenvalue weighted by Crippen LogP contribution is -2.39. The van der Waals surface area contributed by atoms with Crippen LogP contribution in [0.3, 0.4) is 0 Å². The monoisotopic (exact) mass is 437 g/mol. The van der Waals surface area contributed by atoms with Crippen LogP contribution in [0, 0.1) is 6.92 Å². The van der Waals surface area contributed by atoms with Gasteiger partial charge in [0.05, 0.1) is 12.7 Å². The Bertz CT molecular complexity index is 422. The van der Waals surface area contributed by atoms with Crippen molar-refractivity contribution in [1.82, 2.24) is 20.4 Å². The Balaban J connectivity index is 0.00000484. The van der Waals surface area contributed by atoms with Gasteiger partial charge < -0.3 is 15.4 Å². The van der Waals surface area contributed by atoms with Gasteiger partial charge in [0.25, 0.3) is 0 Å². The Kier molecular flexibility index (Phi) is 14.2. The zero-order valence-corrected chi connectivity index (χ0v) is 17.0. The number of aromatic nitrogens is 2. The number of rotatable bonds is 11. The van der Waals surface area contributed by atoms with E-state index in [1.807, 2.05) is 24.0 Å². The van der Waals surface area contributed by atoms with Gasteiger partial charge in [-0.05, 0) is 32.3 Å². The van der Waals surface area contributed by atoms with Crippen molar-refractivity contribution < 1.29 is 4.74 Å². The van der Waals surface area contributed by atoms with E-state index >= 15 is 0 Å². The second-order valence-electron chi connectivity index (χ2n) is 5.29. The van der Waals surface area contributed by atoms with Crippen molar-refractivity contribution in [2.75, 3.05) is 32.8 Å². The summed E-state index contributed by atoms with van der Waals surface area (Å²) in [6, 6.07) is 0. The molecule has 0 aliphatic rings. The molecule has 23 heavy (non-hydrogen) atoms. The molecule has 0 aliphatic carbocycles. The van der Waals surface area contributed by atoms with Crippen molar-refractivity contribution in [3.8, 4) is 0 Å². The number of halogens is 1. The SMILES string of the molecule is CCCCOCCCN=C(NCC)NCCn1cc(C)cn1.I. The summed E-state index contributed by atoms with van der Waals surface area (Å²) in [4.78, 5) is 4.55. The predicted molar refractivity (Wildman–Crippen MR) is 107 cm³/mol. The highest BCUT2D eigenvalue weighted by Gasteiger charge is 1.98. The molecular weight excluding hydrogens is 405 g/mol. The molecule has 0 spiro atoms. The van der Waals surface area contributed by atoms with E-state index in [4.69, 9.17) is 4.74 Å². The van der Waals surface area contributed by atoms with Crippen LogP contribution >= 0.6 is 24.0 Å². The minimum atomic E-state index is 0. The first-order valence-corrected chi connectivity index (χ1v) is 8.35. The first kappa shape index (κ1) is 22.2. The maximum Gasteiger partial charge on any atom is 0.191 e. The third-order valence-electron chi connectivity index (χ3n) is 3.10. The molecule has 0 aromatic carbocycles. The highest BCUT2D eigenvalue weighted by Crippen LogP contribution is 1.93. The molecule has 1 aromatic rings. The molecule has 7 heteroatoms. The van der Waals surface area contributed by atoms with E-state index in [1.165, 1.54) is 12.0 Å². The van der Waals surface area contributed by atoms with Crippen LogP contribution in [0.4, 0.5) is 0 Å². The molecule has 1 aromatic heterocycles. The number of aryl methyl sites for hydroxylation is 1. The van der Waals surface area contributed by atoms with Gasteiger partial charge in [0.1, 0.15) is 0 Å². The molecule has 1 rings (SSSR count). The largest absolute Gasteiger partial charge is 0.381 e. The summed E-state index contributed by atoms with van der Waals surface area (Å²) in [5.41, 5.74) is 1.18. The molecule has 0 saturated carbocycles. The fourth-order valence-corrected chi connectivity index (χ4v) is 1.93. The zero-order chi connectivity index (χ0) is 16.0. The lowest BCUT2D eigenvalue weighted by molar-refractivity contribution is 0.130. The molecule has 0 amide bonds. The number of guanidine groups is 1. The number of nitrogens with one attached hydrogen (secondary N) is 2. The number of ether oxygens (including phenoxy) is 1. The summed E-state index contributed by atoms with van der Waals surface area (Å²) >= 11 is 0. The van der Waals surface area contributed by atoms with Crippen molar-refractivity contribution in [2.45, 2.75) is 46.6 Å². The van der Waals surface area contributed by atoms with Gasteiger partial charge >= 0.3 is 0 Å². The van der Waals surface area contributed by atoms with Gasteiger partial charge in [-0.3, -0.25) is 9.67 Å². The van der Waals surface area contributed by atoms with Crippen molar-refractivity contribution in [2.24, 2.45) is 4.99 Å². The van der Waals surface area contributed by atoms with Crippen LogP contribution in [0.15, 0.2) is 17.4 Å². The fraction of sp³-hybridized carbons (Fsp3) is 0.750. The average Bonchev–Trinajstić information content (AvgIpc) is 2.92. The van der Waals surface area contributed by atoms with Gasteiger partial charge in [-0.2, -0.15) is 5.10 Å². The molecule has 0 fully saturated rings. The molecule has 6 nitrogen and oxygen atoms in total. The third kappa shape index (κ3) is 11.4. The van der Waals surface area contributed by atoms with Crippen molar-refractivity contribution in [3.63, 3.8) is 0 Å². The normalized spacial score (nSPS) is 11.2. The van der Waals surface area contributed by atoms with Gasteiger partial charge in [0.15, 0.2) is 5.96 Å². The van der Waals surface area contributed by atoms with Crippen LogP contribution in [0.1, 0.15) is 38.7 Å². The van der Waals surface area contributed by atoms with Crippen LogP contribution in [0.25, 0.3) is 0 Å². The van der Waals surface area contributed by atoms with Crippen LogP contribution in [0.5, 0.6) is 0 Å². The molecule has 0 unspecified atom stereocenters. The lowest BCUT2D eigenvalue weighted by Gasteiger charge is -2.11. The molecule has 0 bridgehead atoms. The Morgan fingerprint density at radius 1 is 1.26 bits per heavy atom. The zero-order valence-electron chi connectivity index (χ0n) is 14.7. The van der Waals surface area contributed by atoms with Crippen LogP contribution in [0.2, 0.25) is 0 Å². The molecule has 0 atom stereocenters. The second-order valence-corrected chi connectivity index (χ2v) is 5.29. The molecule has 134 valence electrons. The molecular formula is C16H32IN5O. The summed E-state index contributed by atoms with van der Waals surface area (Å²) in [6.45, 7) is 11.2. The smallest absolute Gasteiger partial charge is 0.191 e. The minimum absolute atomic E-state index is 0. The van der Waals surface area contributed by atoms with Crippen LogP contribution in [-0.4, -0.2) is 48.6 Å². The molecule has 0 radical (unpaired) electrons. The maximum atomic E-state index is 5.54. The fourth-order valence-electron chi connectivity index (χ4n) is 1.93. The number of hydrogen-bond donors (Lipinski definition) is 2. The molecule has 0 aliphatic heterocycles.